The largest absolute Gasteiger partial charge is 0.352 e. The third-order valence-corrected chi connectivity index (χ3v) is 5.51. The molecule has 0 bridgehead atoms. The average Bonchev–Trinajstić information content (AvgIpc) is 2.56. The first-order valence-electron chi connectivity index (χ1n) is 7.94. The third-order valence-electron chi connectivity index (χ3n) is 4.10. The Morgan fingerprint density at radius 2 is 2.17 bits per heavy atom. The highest BCUT2D eigenvalue weighted by Crippen LogP contribution is 2.16. The van der Waals surface area contributed by atoms with E-state index >= 15 is 0 Å². The Labute approximate surface area is 162 Å². The van der Waals surface area contributed by atoms with E-state index in [1.807, 2.05) is 6.07 Å². The second-order valence-corrected chi connectivity index (χ2v) is 7.84. The SMILES string of the molecule is CN=C(NCc1cccc(S(=O)(=O)NC)c1)N1CCCC(C)C1.I. The number of sulfonamides is 1. The minimum atomic E-state index is -3.41. The van der Waals surface area contributed by atoms with E-state index in [9.17, 15) is 8.42 Å². The Morgan fingerprint density at radius 1 is 1.42 bits per heavy atom. The van der Waals surface area contributed by atoms with E-state index in [1.54, 1.807) is 25.2 Å². The van der Waals surface area contributed by atoms with Crippen LogP contribution in [0.2, 0.25) is 0 Å². The van der Waals surface area contributed by atoms with Gasteiger partial charge in [-0.1, -0.05) is 19.1 Å². The van der Waals surface area contributed by atoms with Gasteiger partial charge in [-0.15, -0.1) is 24.0 Å². The quantitative estimate of drug-likeness (QED) is 0.405. The fourth-order valence-corrected chi connectivity index (χ4v) is 3.64. The number of likely N-dealkylation sites (tertiary alicyclic amines) is 1. The molecule has 8 heteroatoms. The number of benzene rings is 1. The van der Waals surface area contributed by atoms with Crippen molar-refractivity contribution in [1.29, 1.82) is 0 Å². The van der Waals surface area contributed by atoms with Crippen molar-refractivity contribution >= 4 is 40.0 Å². The summed E-state index contributed by atoms with van der Waals surface area (Å²) in [6.45, 7) is 4.82. The number of nitrogens with zero attached hydrogens (tertiary/aromatic N) is 2. The van der Waals surface area contributed by atoms with E-state index in [1.165, 1.54) is 19.9 Å². The lowest BCUT2D eigenvalue weighted by Crippen LogP contribution is -2.45. The fourth-order valence-electron chi connectivity index (χ4n) is 2.84. The van der Waals surface area contributed by atoms with Crippen molar-refractivity contribution in [3.05, 3.63) is 29.8 Å². The summed E-state index contributed by atoms with van der Waals surface area (Å²) in [4.78, 5) is 6.89. The van der Waals surface area contributed by atoms with E-state index in [2.05, 4.69) is 26.9 Å². The van der Waals surface area contributed by atoms with Gasteiger partial charge in [0.15, 0.2) is 5.96 Å². The smallest absolute Gasteiger partial charge is 0.240 e. The van der Waals surface area contributed by atoms with Crippen molar-refractivity contribution in [2.24, 2.45) is 10.9 Å². The van der Waals surface area contributed by atoms with Crippen LogP contribution in [0.1, 0.15) is 25.3 Å². The molecule has 1 aromatic carbocycles. The van der Waals surface area contributed by atoms with E-state index < -0.39 is 10.0 Å². The number of hydrogen-bond donors (Lipinski definition) is 2. The second kappa shape index (κ2) is 9.57. The molecule has 1 fully saturated rings. The summed E-state index contributed by atoms with van der Waals surface area (Å²) < 4.78 is 26.1. The molecule has 0 radical (unpaired) electrons. The van der Waals surface area contributed by atoms with E-state index in [0.717, 1.165) is 24.6 Å². The molecule has 0 aromatic heterocycles. The van der Waals surface area contributed by atoms with Crippen LogP contribution in [-0.2, 0) is 16.6 Å². The lowest BCUT2D eigenvalue weighted by Gasteiger charge is -2.33. The minimum absolute atomic E-state index is 0. The van der Waals surface area contributed by atoms with E-state index in [0.29, 0.717) is 12.5 Å². The van der Waals surface area contributed by atoms with Gasteiger partial charge in [-0.3, -0.25) is 4.99 Å². The Kier molecular flexibility index (Phi) is 8.44. The number of hydrogen-bond acceptors (Lipinski definition) is 3. The Bertz CT molecular complexity index is 664. The summed E-state index contributed by atoms with van der Waals surface area (Å²) in [5.41, 5.74) is 0.910. The second-order valence-electron chi connectivity index (χ2n) is 5.95. The first kappa shape index (κ1) is 21.2. The predicted octanol–water partition coefficient (Wildman–Crippen LogP) is 2.02. The molecule has 1 saturated heterocycles. The van der Waals surface area contributed by atoms with Gasteiger partial charge in [0.25, 0.3) is 0 Å². The average molecular weight is 466 g/mol. The van der Waals surface area contributed by atoms with Gasteiger partial charge in [0.2, 0.25) is 10.0 Å². The summed E-state index contributed by atoms with van der Waals surface area (Å²) in [6.07, 6.45) is 2.44. The Hall–Kier alpha value is -0.870. The third kappa shape index (κ3) is 5.59. The molecule has 6 nitrogen and oxygen atoms in total. The monoisotopic (exact) mass is 466 g/mol. The summed E-state index contributed by atoms with van der Waals surface area (Å²) >= 11 is 0. The molecule has 0 amide bonds. The van der Waals surface area contributed by atoms with Crippen molar-refractivity contribution < 1.29 is 8.42 Å². The molecule has 136 valence electrons. The molecule has 1 aliphatic heterocycles. The highest BCUT2D eigenvalue weighted by atomic mass is 127. The van der Waals surface area contributed by atoms with E-state index in [4.69, 9.17) is 0 Å². The summed E-state index contributed by atoms with van der Waals surface area (Å²) in [5.74, 6) is 1.55. The maximum Gasteiger partial charge on any atom is 0.240 e. The van der Waals surface area contributed by atoms with Crippen molar-refractivity contribution in [2.75, 3.05) is 27.2 Å². The van der Waals surface area contributed by atoms with Crippen molar-refractivity contribution in [1.82, 2.24) is 14.9 Å². The molecule has 1 heterocycles. The number of rotatable bonds is 4. The molecule has 1 atom stereocenters. The van der Waals surface area contributed by atoms with Crippen LogP contribution >= 0.6 is 24.0 Å². The van der Waals surface area contributed by atoms with Gasteiger partial charge in [0.1, 0.15) is 0 Å². The van der Waals surface area contributed by atoms with Crippen molar-refractivity contribution in [2.45, 2.75) is 31.2 Å². The van der Waals surface area contributed by atoms with Crippen LogP contribution in [0.25, 0.3) is 0 Å². The number of guanidine groups is 1. The number of aliphatic imine (C=N–C) groups is 1. The minimum Gasteiger partial charge on any atom is -0.352 e. The lowest BCUT2D eigenvalue weighted by atomic mass is 10.0. The maximum atomic E-state index is 11.9. The first-order valence-corrected chi connectivity index (χ1v) is 9.42. The highest BCUT2D eigenvalue weighted by molar-refractivity contribution is 14.0. The summed E-state index contributed by atoms with van der Waals surface area (Å²) in [5, 5.41) is 3.33. The molecular weight excluding hydrogens is 439 g/mol. The summed E-state index contributed by atoms with van der Waals surface area (Å²) in [7, 11) is -0.213. The zero-order valence-corrected chi connectivity index (χ0v) is 17.6. The zero-order chi connectivity index (χ0) is 16.9. The first-order chi connectivity index (χ1) is 11.0. The number of halogens is 1. The molecular formula is C16H27IN4O2S. The van der Waals surface area contributed by atoms with Gasteiger partial charge in [-0.05, 0) is 43.5 Å². The molecule has 2 N–H and O–H groups in total. The summed E-state index contributed by atoms with van der Waals surface area (Å²) in [6, 6.07) is 6.95. The molecule has 1 aromatic rings. The fraction of sp³-hybridized carbons (Fsp3) is 0.562. The Balaban J connectivity index is 0.00000288. The highest BCUT2D eigenvalue weighted by Gasteiger charge is 2.19. The van der Waals surface area contributed by atoms with Gasteiger partial charge >= 0.3 is 0 Å². The standard InChI is InChI=1S/C16H26N4O2S.HI/c1-13-6-5-9-20(12-13)16(17-2)19-11-14-7-4-8-15(10-14)23(21,22)18-3;/h4,7-8,10,13,18H,5-6,9,11-12H2,1-3H3,(H,17,19);1H. The van der Waals surface area contributed by atoms with Crippen molar-refractivity contribution in [3.8, 4) is 0 Å². The van der Waals surface area contributed by atoms with Gasteiger partial charge in [0, 0.05) is 26.7 Å². The van der Waals surface area contributed by atoms with Gasteiger partial charge in [-0.25, -0.2) is 13.1 Å². The van der Waals surface area contributed by atoms with Crippen LogP contribution < -0.4 is 10.0 Å². The normalized spacial score (nSPS) is 18.9. The molecule has 1 aliphatic rings. The van der Waals surface area contributed by atoms with Crippen LogP contribution in [-0.4, -0.2) is 46.5 Å². The molecule has 0 saturated carbocycles. The van der Waals surface area contributed by atoms with Gasteiger partial charge in [0.05, 0.1) is 4.90 Å². The molecule has 0 spiro atoms. The Morgan fingerprint density at radius 3 is 2.79 bits per heavy atom. The van der Waals surface area contributed by atoms with Crippen molar-refractivity contribution in [3.63, 3.8) is 0 Å². The lowest BCUT2D eigenvalue weighted by molar-refractivity contribution is 0.266. The van der Waals surface area contributed by atoms with Gasteiger partial charge < -0.3 is 10.2 Å². The predicted molar refractivity (Wildman–Crippen MR) is 108 cm³/mol. The molecule has 2 rings (SSSR count). The van der Waals surface area contributed by atoms with Crippen LogP contribution in [0, 0.1) is 5.92 Å². The van der Waals surface area contributed by atoms with E-state index in [-0.39, 0.29) is 28.9 Å². The van der Waals surface area contributed by atoms with Crippen LogP contribution in [0.5, 0.6) is 0 Å². The topological polar surface area (TPSA) is 73.8 Å². The van der Waals surface area contributed by atoms with Crippen LogP contribution in [0.3, 0.4) is 0 Å². The molecule has 24 heavy (non-hydrogen) atoms. The molecule has 0 aliphatic carbocycles. The number of nitrogens with one attached hydrogen (secondary N) is 2. The maximum absolute atomic E-state index is 11.9. The van der Waals surface area contributed by atoms with Crippen LogP contribution in [0.4, 0.5) is 0 Å². The van der Waals surface area contributed by atoms with Crippen LogP contribution in [0.15, 0.2) is 34.2 Å². The van der Waals surface area contributed by atoms with Gasteiger partial charge in [-0.2, -0.15) is 0 Å². The number of piperidine rings is 1. The zero-order valence-electron chi connectivity index (χ0n) is 14.4. The molecule has 1 unspecified atom stereocenters.